The van der Waals surface area contributed by atoms with E-state index in [1.165, 1.54) is 24.3 Å². The molecule has 0 saturated heterocycles. The molecule has 210 valence electrons. The summed E-state index contributed by atoms with van der Waals surface area (Å²) < 4.78 is 43.1. The van der Waals surface area contributed by atoms with Crippen LogP contribution in [0.25, 0.3) is 11.1 Å². The molecule has 0 radical (unpaired) electrons. The van der Waals surface area contributed by atoms with Crippen LogP contribution in [0.15, 0.2) is 77.8 Å². The monoisotopic (exact) mass is 592 g/mol. The van der Waals surface area contributed by atoms with Crippen molar-refractivity contribution in [3.8, 4) is 11.1 Å². The minimum atomic E-state index is -3.66. The van der Waals surface area contributed by atoms with Gasteiger partial charge in [-0.1, -0.05) is 35.9 Å². The summed E-state index contributed by atoms with van der Waals surface area (Å²) >= 11 is 6.00. The number of carbonyl (C=O) groups excluding carboxylic acids is 1. The molecule has 1 aliphatic heterocycles. The summed E-state index contributed by atoms with van der Waals surface area (Å²) in [5.74, 6) is -0.145. The van der Waals surface area contributed by atoms with Gasteiger partial charge < -0.3 is 16.0 Å². The summed E-state index contributed by atoms with van der Waals surface area (Å²) in [5, 5.41) is 9.59. The first-order chi connectivity index (χ1) is 19.7. The van der Waals surface area contributed by atoms with Crippen LogP contribution in [0.3, 0.4) is 0 Å². The highest BCUT2D eigenvalue weighted by atomic mass is 35.5. The van der Waals surface area contributed by atoms with Crippen molar-refractivity contribution in [2.24, 2.45) is 0 Å². The number of carbonyl (C=O) groups is 1. The average Bonchev–Trinajstić information content (AvgIpc) is 3.76. The smallest absolute Gasteiger partial charge is 0.240 e. The number of fused-ring (bicyclic) bond motifs is 4. The van der Waals surface area contributed by atoms with Crippen molar-refractivity contribution >= 4 is 50.7 Å². The second kappa shape index (κ2) is 10.7. The molecular formula is C29H26ClFN6O3S. The second-order valence-electron chi connectivity index (χ2n) is 10.0. The number of sulfonamides is 1. The highest BCUT2D eigenvalue weighted by Gasteiger charge is 2.51. The topological polar surface area (TPSA) is 125 Å². The maximum Gasteiger partial charge on any atom is 0.240 e. The van der Waals surface area contributed by atoms with Gasteiger partial charge in [0.25, 0.3) is 0 Å². The van der Waals surface area contributed by atoms with E-state index in [4.69, 9.17) is 11.6 Å². The molecule has 3 aromatic carbocycles. The van der Waals surface area contributed by atoms with E-state index in [-0.39, 0.29) is 29.0 Å². The van der Waals surface area contributed by atoms with Crippen molar-refractivity contribution in [1.29, 1.82) is 0 Å². The Morgan fingerprint density at radius 3 is 2.59 bits per heavy atom. The average molecular weight is 593 g/mol. The normalized spacial score (nSPS) is 17.0. The van der Waals surface area contributed by atoms with Crippen LogP contribution in [0, 0.1) is 5.82 Å². The summed E-state index contributed by atoms with van der Waals surface area (Å²) in [5.41, 5.74) is 1.82. The van der Waals surface area contributed by atoms with Crippen molar-refractivity contribution < 1.29 is 17.6 Å². The molecule has 1 aromatic heterocycles. The number of nitrogens with one attached hydrogen (secondary N) is 4. The Bertz CT molecular complexity index is 1750. The lowest BCUT2D eigenvalue weighted by Crippen LogP contribution is -2.28. The molecule has 6 rings (SSSR count). The van der Waals surface area contributed by atoms with Crippen LogP contribution < -0.4 is 20.7 Å². The number of hydrogen-bond donors (Lipinski definition) is 4. The molecule has 1 saturated carbocycles. The number of amides is 1. The fraction of sp³-hybridized carbons (Fsp3) is 0.207. The van der Waals surface area contributed by atoms with Crippen LogP contribution in [-0.4, -0.2) is 37.4 Å². The molecule has 12 heteroatoms. The molecular weight excluding hydrogens is 567 g/mol. The lowest BCUT2D eigenvalue weighted by Gasteiger charge is -2.17. The number of nitrogens with zero attached hydrogens (tertiary/aromatic N) is 2. The zero-order valence-electron chi connectivity index (χ0n) is 21.7. The Morgan fingerprint density at radius 1 is 1.02 bits per heavy atom. The van der Waals surface area contributed by atoms with Crippen molar-refractivity contribution in [3.05, 3.63) is 89.3 Å². The molecule has 4 N–H and O–H groups in total. The molecule has 0 atom stereocenters. The fourth-order valence-electron chi connectivity index (χ4n) is 4.81. The third kappa shape index (κ3) is 5.61. The lowest BCUT2D eigenvalue weighted by molar-refractivity contribution is -0.118. The van der Waals surface area contributed by atoms with Gasteiger partial charge in [-0.05, 0) is 72.9 Å². The van der Waals surface area contributed by atoms with Crippen molar-refractivity contribution in [3.63, 3.8) is 0 Å². The standard InChI is InChI=1S/C29H26ClFN6O3S/c30-20-8-6-19(7-9-20)29(11-12-29)27(38)36-25-10-5-18(15-24(25)31)23-17-33-28-35-21-3-1-4-22(16-21)41(39,40)34-14-2-13-32-26(23)37-28/h1,3-10,15-17,34H,2,11-14H2,(H,36,38)(H2,32,33,35,37). The Labute approximate surface area is 241 Å². The van der Waals surface area contributed by atoms with E-state index in [1.54, 1.807) is 36.5 Å². The fourth-order valence-corrected chi connectivity index (χ4v) is 6.06. The minimum Gasteiger partial charge on any atom is -0.369 e. The summed E-state index contributed by atoms with van der Waals surface area (Å²) in [6.45, 7) is 0.633. The molecule has 1 amide bonds. The second-order valence-corrected chi connectivity index (χ2v) is 12.2. The maximum atomic E-state index is 15.3. The highest BCUT2D eigenvalue weighted by Crippen LogP contribution is 2.49. The summed E-state index contributed by atoms with van der Waals surface area (Å²) in [4.78, 5) is 22.2. The Hall–Kier alpha value is -4.06. The number of benzene rings is 3. The Balaban J connectivity index is 1.25. The van der Waals surface area contributed by atoms with Gasteiger partial charge in [0.05, 0.1) is 16.0 Å². The zero-order chi connectivity index (χ0) is 28.6. The molecule has 1 fully saturated rings. The number of hydrogen-bond acceptors (Lipinski definition) is 7. The molecule has 1 aliphatic carbocycles. The first-order valence-corrected chi connectivity index (χ1v) is 14.9. The zero-order valence-corrected chi connectivity index (χ0v) is 23.3. The quantitative estimate of drug-likeness (QED) is 0.248. The molecule has 2 heterocycles. The van der Waals surface area contributed by atoms with Gasteiger partial charge in [-0.15, -0.1) is 0 Å². The van der Waals surface area contributed by atoms with Crippen molar-refractivity contribution in [1.82, 2.24) is 14.7 Å². The molecule has 0 unspecified atom stereocenters. The van der Waals surface area contributed by atoms with Crippen LogP contribution in [0.4, 0.5) is 27.5 Å². The predicted molar refractivity (Wildman–Crippen MR) is 156 cm³/mol. The molecule has 4 aromatic rings. The highest BCUT2D eigenvalue weighted by molar-refractivity contribution is 7.89. The number of rotatable bonds is 4. The van der Waals surface area contributed by atoms with Crippen LogP contribution in [0.2, 0.25) is 5.02 Å². The van der Waals surface area contributed by atoms with E-state index in [9.17, 15) is 13.2 Å². The van der Waals surface area contributed by atoms with Crippen molar-refractivity contribution in [2.45, 2.75) is 29.6 Å². The van der Waals surface area contributed by atoms with Gasteiger partial charge in [0, 0.05) is 35.6 Å². The molecule has 41 heavy (non-hydrogen) atoms. The van der Waals surface area contributed by atoms with Crippen LogP contribution in [0.5, 0.6) is 0 Å². The van der Waals surface area contributed by atoms with Gasteiger partial charge in [-0.25, -0.2) is 22.5 Å². The summed E-state index contributed by atoms with van der Waals surface area (Å²) in [6, 6.07) is 18.1. The van der Waals surface area contributed by atoms with E-state index in [0.29, 0.717) is 53.5 Å². The first kappa shape index (κ1) is 27.1. The van der Waals surface area contributed by atoms with Gasteiger partial charge in [0.2, 0.25) is 21.9 Å². The van der Waals surface area contributed by atoms with Gasteiger partial charge in [0.15, 0.2) is 0 Å². The van der Waals surface area contributed by atoms with E-state index in [2.05, 4.69) is 30.6 Å². The Morgan fingerprint density at radius 2 is 1.83 bits per heavy atom. The molecule has 0 spiro atoms. The van der Waals surface area contributed by atoms with E-state index in [0.717, 1.165) is 5.56 Å². The third-order valence-electron chi connectivity index (χ3n) is 7.24. The lowest BCUT2D eigenvalue weighted by atomic mass is 9.95. The number of aromatic nitrogens is 2. The summed E-state index contributed by atoms with van der Waals surface area (Å²) in [7, 11) is -3.66. The summed E-state index contributed by atoms with van der Waals surface area (Å²) in [6.07, 6.45) is 3.42. The molecule has 4 bridgehead atoms. The van der Waals surface area contributed by atoms with Crippen LogP contribution >= 0.6 is 11.6 Å². The predicted octanol–water partition coefficient (Wildman–Crippen LogP) is 5.44. The van der Waals surface area contributed by atoms with Gasteiger partial charge >= 0.3 is 0 Å². The van der Waals surface area contributed by atoms with Gasteiger partial charge in [-0.2, -0.15) is 4.98 Å². The first-order valence-electron chi connectivity index (χ1n) is 13.1. The van der Waals surface area contributed by atoms with Crippen molar-refractivity contribution in [2.75, 3.05) is 29.0 Å². The van der Waals surface area contributed by atoms with Gasteiger partial charge in [-0.3, -0.25) is 4.79 Å². The SMILES string of the molecule is O=C(Nc1ccc(-c2cnc3nc2NCCCNS(=O)(=O)c2cccc(c2)N3)cc1F)C1(c2ccc(Cl)cc2)CC1. The van der Waals surface area contributed by atoms with E-state index in [1.807, 2.05) is 12.1 Å². The number of anilines is 4. The minimum absolute atomic E-state index is 0.0817. The molecule has 9 nitrogen and oxygen atoms in total. The molecule has 2 aliphatic rings. The largest absolute Gasteiger partial charge is 0.369 e. The number of halogens is 2. The van der Waals surface area contributed by atoms with E-state index >= 15 is 4.39 Å². The third-order valence-corrected chi connectivity index (χ3v) is 8.95. The van der Waals surface area contributed by atoms with Gasteiger partial charge in [0.1, 0.15) is 11.6 Å². The van der Waals surface area contributed by atoms with Crippen LogP contribution in [-0.2, 0) is 20.2 Å². The van der Waals surface area contributed by atoms with Crippen LogP contribution in [0.1, 0.15) is 24.8 Å². The maximum absolute atomic E-state index is 15.3. The Kier molecular flexibility index (Phi) is 7.10. The van der Waals surface area contributed by atoms with E-state index < -0.39 is 21.3 Å².